The fraction of sp³-hybridized carbons (Fsp3) is 0.367. The number of sulfonamides is 1. The summed E-state index contributed by atoms with van der Waals surface area (Å²) in [4.78, 5) is 13.6. The fourth-order valence-corrected chi connectivity index (χ4v) is 6.14. The number of methoxy groups -OCH3 is 1. The van der Waals surface area contributed by atoms with Gasteiger partial charge in [0.1, 0.15) is 24.7 Å². The van der Waals surface area contributed by atoms with Crippen LogP contribution in [0.1, 0.15) is 44.9 Å². The number of fused-ring (bicyclic) bond motifs is 2. The molecule has 2 atom stereocenters. The van der Waals surface area contributed by atoms with Gasteiger partial charge in [-0.25, -0.2) is 8.42 Å². The van der Waals surface area contributed by atoms with Crippen LogP contribution in [0, 0.1) is 0 Å². The Balaban J connectivity index is 1.45. The first-order valence-electron chi connectivity index (χ1n) is 13.2. The third kappa shape index (κ3) is 5.40. The molecule has 0 bridgehead atoms. The van der Waals surface area contributed by atoms with E-state index < -0.39 is 22.0 Å². The second kappa shape index (κ2) is 10.6. The summed E-state index contributed by atoms with van der Waals surface area (Å²) in [6.07, 6.45) is -1.07. The maximum absolute atomic E-state index is 13.9. The van der Waals surface area contributed by atoms with Crippen LogP contribution < -0.4 is 28.6 Å². The average molecular weight is 567 g/mol. The number of hydrogen-bond acceptors (Lipinski definition) is 7. The molecule has 9 nitrogen and oxygen atoms in total. The van der Waals surface area contributed by atoms with Gasteiger partial charge in [0.05, 0.1) is 30.3 Å². The predicted molar refractivity (Wildman–Crippen MR) is 151 cm³/mol. The minimum absolute atomic E-state index is 0.0890. The van der Waals surface area contributed by atoms with Crippen molar-refractivity contribution in [2.75, 3.05) is 31.2 Å². The summed E-state index contributed by atoms with van der Waals surface area (Å²) in [5, 5.41) is 2.97. The van der Waals surface area contributed by atoms with Gasteiger partial charge >= 0.3 is 0 Å². The van der Waals surface area contributed by atoms with E-state index in [4.69, 9.17) is 18.9 Å². The molecule has 212 valence electrons. The first-order valence-corrected chi connectivity index (χ1v) is 14.6. The molecule has 0 aromatic heterocycles. The molecule has 40 heavy (non-hydrogen) atoms. The van der Waals surface area contributed by atoms with Gasteiger partial charge in [0, 0.05) is 0 Å². The van der Waals surface area contributed by atoms with E-state index in [1.165, 1.54) is 23.5 Å². The zero-order valence-electron chi connectivity index (χ0n) is 23.3. The molecular formula is C30H34N2O7S. The lowest BCUT2D eigenvalue weighted by Gasteiger charge is -2.36. The predicted octanol–water partition coefficient (Wildman–Crippen LogP) is 4.60. The molecule has 3 aromatic carbocycles. The van der Waals surface area contributed by atoms with Crippen LogP contribution >= 0.6 is 0 Å². The molecule has 0 saturated heterocycles. The average Bonchev–Trinajstić information content (AvgIpc) is 2.95. The third-order valence-corrected chi connectivity index (χ3v) is 8.85. The number of carbonyl (C=O) groups excluding carboxylic acids is 1. The lowest BCUT2D eigenvalue weighted by atomic mass is 9.86. The van der Waals surface area contributed by atoms with Crippen molar-refractivity contribution in [1.29, 1.82) is 0 Å². The number of nitrogens with one attached hydrogen (secondary N) is 1. The maximum Gasteiger partial charge on any atom is 0.264 e. The fourth-order valence-electron chi connectivity index (χ4n) is 4.68. The highest BCUT2D eigenvalue weighted by Crippen LogP contribution is 2.40. The molecule has 1 N–H and O–H groups in total. The van der Waals surface area contributed by atoms with Gasteiger partial charge in [0.15, 0.2) is 17.6 Å². The Morgan fingerprint density at radius 1 is 0.975 bits per heavy atom. The van der Waals surface area contributed by atoms with Gasteiger partial charge in [-0.1, -0.05) is 32.9 Å². The lowest BCUT2D eigenvalue weighted by molar-refractivity contribution is -0.128. The Morgan fingerprint density at radius 2 is 1.65 bits per heavy atom. The van der Waals surface area contributed by atoms with Crippen molar-refractivity contribution in [3.05, 3.63) is 71.8 Å². The number of ether oxygens (including phenoxy) is 4. The molecule has 5 rings (SSSR count). The van der Waals surface area contributed by atoms with Crippen molar-refractivity contribution in [2.24, 2.45) is 0 Å². The van der Waals surface area contributed by atoms with E-state index in [0.717, 1.165) is 11.1 Å². The number of rotatable bonds is 6. The molecule has 0 fully saturated rings. The normalized spacial score (nSPS) is 17.3. The third-order valence-electron chi connectivity index (χ3n) is 7.06. The Labute approximate surface area is 235 Å². The monoisotopic (exact) mass is 566 g/mol. The van der Waals surface area contributed by atoms with Crippen LogP contribution in [0.3, 0.4) is 0 Å². The minimum Gasteiger partial charge on any atom is -0.497 e. The van der Waals surface area contributed by atoms with Crippen LogP contribution in [0.15, 0.2) is 65.6 Å². The Bertz CT molecular complexity index is 1510. The van der Waals surface area contributed by atoms with Crippen LogP contribution in [0.25, 0.3) is 0 Å². The number of anilines is 1. The van der Waals surface area contributed by atoms with Gasteiger partial charge in [-0.15, -0.1) is 0 Å². The molecule has 2 aliphatic rings. The van der Waals surface area contributed by atoms with Crippen molar-refractivity contribution in [1.82, 2.24) is 5.32 Å². The standard InChI is InChI=1S/C30H34N2O7S/c1-19(20-6-12-26-27(16-20)38-15-14-37-26)31-29(33)28-18-32(40(34,35)23-10-8-22(36-5)9-11-23)24-17-21(30(2,3)4)7-13-25(24)39-28/h6-13,16-17,19,28H,14-15,18H2,1-5H3,(H,31,33)/t19-,28+/m0/s1. The summed E-state index contributed by atoms with van der Waals surface area (Å²) < 4.78 is 51.7. The topological polar surface area (TPSA) is 103 Å². The van der Waals surface area contributed by atoms with Gasteiger partial charge in [0.25, 0.3) is 15.9 Å². The summed E-state index contributed by atoms with van der Waals surface area (Å²) in [6, 6.07) is 16.8. The molecule has 0 unspecified atom stereocenters. The van der Waals surface area contributed by atoms with Crippen molar-refractivity contribution in [3.63, 3.8) is 0 Å². The summed E-state index contributed by atoms with van der Waals surface area (Å²) in [7, 11) is -2.51. The summed E-state index contributed by atoms with van der Waals surface area (Å²) in [6.45, 7) is 8.77. The van der Waals surface area contributed by atoms with Crippen LogP contribution in [-0.4, -0.2) is 47.3 Å². The van der Waals surface area contributed by atoms with Crippen molar-refractivity contribution < 1.29 is 32.2 Å². The zero-order chi connectivity index (χ0) is 28.7. The van der Waals surface area contributed by atoms with Crippen molar-refractivity contribution in [3.8, 4) is 23.0 Å². The Morgan fingerprint density at radius 3 is 2.33 bits per heavy atom. The van der Waals surface area contributed by atoms with Gasteiger partial charge in [0.2, 0.25) is 0 Å². The molecule has 2 heterocycles. The van der Waals surface area contributed by atoms with Crippen LogP contribution in [-0.2, 0) is 20.2 Å². The highest BCUT2D eigenvalue weighted by Gasteiger charge is 2.38. The second-order valence-corrected chi connectivity index (χ2v) is 12.7. The highest BCUT2D eigenvalue weighted by atomic mass is 32.2. The zero-order valence-corrected chi connectivity index (χ0v) is 24.1. The smallest absolute Gasteiger partial charge is 0.264 e. The van der Waals surface area contributed by atoms with Crippen LogP contribution in [0.4, 0.5) is 5.69 Å². The van der Waals surface area contributed by atoms with Crippen LogP contribution in [0.2, 0.25) is 0 Å². The highest BCUT2D eigenvalue weighted by molar-refractivity contribution is 7.92. The van der Waals surface area contributed by atoms with E-state index in [1.54, 1.807) is 18.2 Å². The maximum atomic E-state index is 13.9. The van der Waals surface area contributed by atoms with E-state index in [1.807, 2.05) is 37.3 Å². The summed E-state index contributed by atoms with van der Waals surface area (Å²) in [5.74, 6) is 1.72. The lowest BCUT2D eigenvalue weighted by Crippen LogP contribution is -2.51. The van der Waals surface area contributed by atoms with E-state index in [9.17, 15) is 13.2 Å². The second-order valence-electron chi connectivity index (χ2n) is 10.9. The van der Waals surface area contributed by atoms with Gasteiger partial charge < -0.3 is 24.3 Å². The number of nitrogens with zero attached hydrogens (tertiary/aromatic N) is 1. The molecular weight excluding hydrogens is 532 g/mol. The van der Waals surface area contributed by atoms with E-state index in [-0.39, 0.29) is 22.9 Å². The molecule has 0 spiro atoms. The molecule has 0 aliphatic carbocycles. The minimum atomic E-state index is -4.03. The van der Waals surface area contributed by atoms with Gasteiger partial charge in [-0.3, -0.25) is 9.10 Å². The van der Waals surface area contributed by atoms with Crippen LogP contribution in [0.5, 0.6) is 23.0 Å². The Kier molecular flexibility index (Phi) is 7.31. The largest absolute Gasteiger partial charge is 0.497 e. The first kappa shape index (κ1) is 27.6. The number of hydrogen-bond donors (Lipinski definition) is 1. The summed E-state index contributed by atoms with van der Waals surface area (Å²) in [5.41, 5.74) is 1.94. The van der Waals surface area contributed by atoms with Gasteiger partial charge in [-0.2, -0.15) is 0 Å². The molecule has 3 aromatic rings. The van der Waals surface area contributed by atoms with Crippen molar-refractivity contribution >= 4 is 21.6 Å². The van der Waals surface area contributed by atoms with E-state index in [0.29, 0.717) is 41.9 Å². The molecule has 0 saturated carbocycles. The quantitative estimate of drug-likeness (QED) is 0.465. The first-order chi connectivity index (χ1) is 19.0. The SMILES string of the molecule is COc1ccc(S(=O)(=O)N2C[C@H](C(=O)N[C@@H](C)c3ccc4c(c3)OCCO4)Oc3ccc(C(C)(C)C)cc32)cc1. The molecule has 2 aliphatic heterocycles. The van der Waals surface area contributed by atoms with E-state index in [2.05, 4.69) is 26.1 Å². The number of carbonyl (C=O) groups is 1. The molecule has 1 amide bonds. The number of amides is 1. The van der Waals surface area contributed by atoms with E-state index >= 15 is 0 Å². The Hall–Kier alpha value is -3.92. The van der Waals surface area contributed by atoms with Gasteiger partial charge in [-0.05, 0) is 72.0 Å². The molecule has 0 radical (unpaired) electrons. The number of benzene rings is 3. The summed E-state index contributed by atoms with van der Waals surface area (Å²) >= 11 is 0. The molecule has 10 heteroatoms. The van der Waals surface area contributed by atoms with Crippen molar-refractivity contribution in [2.45, 2.75) is 50.2 Å².